The monoisotopic (exact) mass is 515 g/mol. The fraction of sp³-hybridized carbons (Fsp3) is 0.333. The Morgan fingerprint density at radius 1 is 1.22 bits per heavy atom. The Kier molecular flexibility index (Phi) is 7.55. The van der Waals surface area contributed by atoms with Crippen LogP contribution in [0.25, 0.3) is 6.08 Å². The van der Waals surface area contributed by atoms with Crippen LogP contribution in [0, 0.1) is 0 Å². The van der Waals surface area contributed by atoms with Gasteiger partial charge in [-0.05, 0) is 77.8 Å². The van der Waals surface area contributed by atoms with Gasteiger partial charge >= 0.3 is 0 Å². The number of benzene rings is 2. The number of anilines is 1. The van der Waals surface area contributed by atoms with Crippen molar-refractivity contribution >= 4 is 51.3 Å². The largest absolute Gasteiger partial charge is 0.496 e. The predicted octanol–water partition coefficient (Wildman–Crippen LogP) is 4.15. The van der Waals surface area contributed by atoms with Crippen LogP contribution in [0.4, 0.5) is 5.69 Å². The number of likely N-dealkylation sites (tertiary alicyclic amines) is 1. The summed E-state index contributed by atoms with van der Waals surface area (Å²) < 4.78 is 6.10. The molecule has 168 valence electrons. The van der Waals surface area contributed by atoms with Gasteiger partial charge < -0.3 is 15.0 Å². The molecule has 2 aromatic rings. The van der Waals surface area contributed by atoms with E-state index >= 15 is 0 Å². The molecule has 8 heteroatoms. The minimum Gasteiger partial charge on any atom is -0.496 e. The van der Waals surface area contributed by atoms with Crippen molar-refractivity contribution in [2.75, 3.05) is 44.7 Å². The van der Waals surface area contributed by atoms with Crippen molar-refractivity contribution in [3.63, 3.8) is 0 Å². The van der Waals surface area contributed by atoms with Gasteiger partial charge in [0.1, 0.15) is 12.3 Å². The van der Waals surface area contributed by atoms with E-state index in [1.165, 1.54) is 24.6 Å². The van der Waals surface area contributed by atoms with Gasteiger partial charge in [-0.3, -0.25) is 14.5 Å². The van der Waals surface area contributed by atoms with Crippen LogP contribution in [-0.2, 0) is 9.59 Å². The zero-order chi connectivity index (χ0) is 22.5. The number of nitrogens with one attached hydrogen (secondary N) is 1. The van der Waals surface area contributed by atoms with Crippen LogP contribution in [0.2, 0.25) is 0 Å². The Morgan fingerprint density at radius 3 is 2.75 bits per heavy atom. The third-order valence-electron chi connectivity index (χ3n) is 5.56. The Hall–Kier alpha value is -2.29. The van der Waals surface area contributed by atoms with Crippen LogP contribution >= 0.6 is 27.7 Å². The summed E-state index contributed by atoms with van der Waals surface area (Å²) in [4.78, 5) is 31.4. The first-order valence-corrected chi connectivity index (χ1v) is 12.3. The zero-order valence-electron chi connectivity index (χ0n) is 18.0. The normalized spacial score (nSPS) is 17.5. The number of hydrogen-bond donors (Lipinski definition) is 1. The molecule has 0 radical (unpaired) electrons. The number of ether oxygens (including phenoxy) is 1. The highest BCUT2D eigenvalue weighted by molar-refractivity contribution is 9.10. The summed E-state index contributed by atoms with van der Waals surface area (Å²) in [5.74, 6) is 0.411. The Balaban J connectivity index is 1.50. The SMILES string of the molecule is COc1ccc(/C=C2/Sc3ccccc3N(CC(=O)NCCN3CCCC3)C2=O)cc1Br. The molecule has 2 heterocycles. The topological polar surface area (TPSA) is 61.9 Å². The van der Waals surface area contributed by atoms with E-state index in [1.807, 2.05) is 48.5 Å². The van der Waals surface area contributed by atoms with Gasteiger partial charge in [0.25, 0.3) is 5.91 Å². The van der Waals surface area contributed by atoms with Crippen LogP contribution in [0.3, 0.4) is 0 Å². The quantitative estimate of drug-likeness (QED) is 0.561. The summed E-state index contributed by atoms with van der Waals surface area (Å²) in [6.07, 6.45) is 4.31. The molecule has 0 saturated carbocycles. The van der Waals surface area contributed by atoms with Crippen molar-refractivity contribution < 1.29 is 14.3 Å². The van der Waals surface area contributed by atoms with E-state index in [-0.39, 0.29) is 18.4 Å². The highest BCUT2D eigenvalue weighted by atomic mass is 79.9. The van der Waals surface area contributed by atoms with E-state index in [1.54, 1.807) is 12.0 Å². The zero-order valence-corrected chi connectivity index (χ0v) is 20.4. The van der Waals surface area contributed by atoms with Crippen molar-refractivity contribution in [2.45, 2.75) is 17.7 Å². The van der Waals surface area contributed by atoms with Gasteiger partial charge in [0.15, 0.2) is 0 Å². The van der Waals surface area contributed by atoms with Crippen LogP contribution in [0.1, 0.15) is 18.4 Å². The molecule has 1 N–H and O–H groups in total. The van der Waals surface area contributed by atoms with Gasteiger partial charge in [-0.25, -0.2) is 0 Å². The molecule has 0 spiro atoms. The fourth-order valence-electron chi connectivity index (χ4n) is 3.90. The number of nitrogens with zero attached hydrogens (tertiary/aromatic N) is 2. The minimum absolute atomic E-state index is 0.0000532. The lowest BCUT2D eigenvalue weighted by Gasteiger charge is -2.30. The molecule has 6 nitrogen and oxygen atoms in total. The second kappa shape index (κ2) is 10.6. The second-order valence-electron chi connectivity index (χ2n) is 7.76. The maximum absolute atomic E-state index is 13.3. The maximum atomic E-state index is 13.3. The number of rotatable bonds is 7. The highest BCUT2D eigenvalue weighted by Gasteiger charge is 2.30. The van der Waals surface area contributed by atoms with Crippen LogP contribution in [0.15, 0.2) is 56.7 Å². The molecule has 2 aliphatic rings. The standard InChI is InChI=1S/C24H26BrN3O3S/c1-31-20-9-8-17(14-18(20)25)15-22-24(30)28(19-6-2-3-7-21(19)32-22)16-23(29)26-10-13-27-11-4-5-12-27/h2-3,6-9,14-15H,4-5,10-13,16H2,1H3,(H,26,29)/b22-15+. The van der Waals surface area contributed by atoms with Crippen LogP contribution < -0.4 is 15.0 Å². The first-order valence-electron chi connectivity index (χ1n) is 10.7. The lowest BCUT2D eigenvalue weighted by molar-refractivity contribution is -0.122. The molecular formula is C24H26BrN3O3S. The Morgan fingerprint density at radius 2 is 2.00 bits per heavy atom. The van der Waals surface area contributed by atoms with Gasteiger partial charge in [0, 0.05) is 18.0 Å². The van der Waals surface area contributed by atoms with Crippen molar-refractivity contribution in [1.82, 2.24) is 10.2 Å². The van der Waals surface area contributed by atoms with Crippen molar-refractivity contribution in [3.05, 3.63) is 57.4 Å². The van der Waals surface area contributed by atoms with Crippen LogP contribution in [-0.4, -0.2) is 56.5 Å². The molecule has 0 bridgehead atoms. The summed E-state index contributed by atoms with van der Waals surface area (Å²) in [5, 5.41) is 2.97. The average Bonchev–Trinajstić information content (AvgIpc) is 3.30. The average molecular weight is 516 g/mol. The first-order chi connectivity index (χ1) is 15.5. The molecular weight excluding hydrogens is 490 g/mol. The number of amides is 2. The van der Waals surface area contributed by atoms with Crippen molar-refractivity contribution in [3.8, 4) is 5.75 Å². The first kappa shape index (κ1) is 22.9. The van der Waals surface area contributed by atoms with Gasteiger partial charge in [-0.2, -0.15) is 0 Å². The smallest absolute Gasteiger partial charge is 0.265 e. The summed E-state index contributed by atoms with van der Waals surface area (Å²) in [7, 11) is 1.61. The number of halogens is 1. The van der Waals surface area contributed by atoms with E-state index in [9.17, 15) is 9.59 Å². The molecule has 0 aliphatic carbocycles. The van der Waals surface area contributed by atoms with E-state index < -0.39 is 0 Å². The predicted molar refractivity (Wildman–Crippen MR) is 132 cm³/mol. The Labute approximate surface area is 201 Å². The van der Waals surface area contributed by atoms with Gasteiger partial charge in [0.05, 0.1) is 22.2 Å². The summed E-state index contributed by atoms with van der Waals surface area (Å²) in [6.45, 7) is 3.64. The maximum Gasteiger partial charge on any atom is 0.265 e. The van der Waals surface area contributed by atoms with Crippen molar-refractivity contribution in [1.29, 1.82) is 0 Å². The number of thioether (sulfide) groups is 1. The number of hydrogen-bond acceptors (Lipinski definition) is 5. The summed E-state index contributed by atoms with van der Waals surface area (Å²) in [6, 6.07) is 13.4. The number of methoxy groups -OCH3 is 1. The molecule has 1 saturated heterocycles. The molecule has 2 aliphatic heterocycles. The summed E-state index contributed by atoms with van der Waals surface area (Å²) in [5.41, 5.74) is 1.65. The molecule has 1 fully saturated rings. The van der Waals surface area contributed by atoms with E-state index in [4.69, 9.17) is 4.74 Å². The van der Waals surface area contributed by atoms with Gasteiger partial charge in [0.2, 0.25) is 5.91 Å². The second-order valence-corrected chi connectivity index (χ2v) is 9.70. The number of fused-ring (bicyclic) bond motifs is 1. The van der Waals surface area contributed by atoms with E-state index in [0.717, 1.165) is 46.0 Å². The Bertz CT molecular complexity index is 1040. The molecule has 2 aromatic carbocycles. The molecule has 0 aromatic heterocycles. The third-order valence-corrected chi connectivity index (χ3v) is 7.25. The van der Waals surface area contributed by atoms with E-state index in [2.05, 4.69) is 26.1 Å². The van der Waals surface area contributed by atoms with Gasteiger partial charge in [-0.1, -0.05) is 30.0 Å². The molecule has 32 heavy (non-hydrogen) atoms. The highest BCUT2D eigenvalue weighted by Crippen LogP contribution is 2.42. The molecule has 0 atom stereocenters. The number of para-hydroxylation sites is 1. The summed E-state index contributed by atoms with van der Waals surface area (Å²) >= 11 is 4.92. The third kappa shape index (κ3) is 5.36. The molecule has 0 unspecified atom stereocenters. The van der Waals surface area contributed by atoms with Crippen molar-refractivity contribution in [2.24, 2.45) is 0 Å². The molecule has 2 amide bonds. The molecule has 4 rings (SSSR count). The lowest BCUT2D eigenvalue weighted by atomic mass is 10.2. The lowest BCUT2D eigenvalue weighted by Crippen LogP contribution is -2.44. The number of carbonyl (C=O) groups is 2. The minimum atomic E-state index is -0.171. The van der Waals surface area contributed by atoms with Crippen LogP contribution in [0.5, 0.6) is 5.75 Å². The van der Waals surface area contributed by atoms with E-state index in [0.29, 0.717) is 11.4 Å². The fourth-order valence-corrected chi connectivity index (χ4v) is 5.52. The van der Waals surface area contributed by atoms with Gasteiger partial charge in [-0.15, -0.1) is 0 Å². The number of carbonyl (C=O) groups excluding carboxylic acids is 2.